The van der Waals surface area contributed by atoms with Gasteiger partial charge in [-0.1, -0.05) is 6.42 Å². The first kappa shape index (κ1) is 11.4. The molecule has 0 bridgehead atoms. The van der Waals surface area contributed by atoms with Crippen molar-refractivity contribution in [3.8, 4) is 0 Å². The summed E-state index contributed by atoms with van der Waals surface area (Å²) in [5, 5.41) is 0. The first-order valence-electron chi connectivity index (χ1n) is 6.62. The molecule has 0 amide bonds. The number of fused-ring (bicyclic) bond motifs is 1. The van der Waals surface area contributed by atoms with Crippen molar-refractivity contribution < 1.29 is 0 Å². The van der Waals surface area contributed by atoms with Crippen LogP contribution in [-0.4, -0.2) is 47.1 Å². The minimum absolute atomic E-state index is 0.727. The Hall–Kier alpha value is -0.0800. The lowest BCUT2D eigenvalue weighted by molar-refractivity contribution is 0.00129. The lowest BCUT2D eigenvalue weighted by Gasteiger charge is -2.48. The third kappa shape index (κ3) is 2.07. The fourth-order valence-corrected chi connectivity index (χ4v) is 3.54. The second kappa shape index (κ2) is 4.42. The number of piperazine rings is 1. The summed E-state index contributed by atoms with van der Waals surface area (Å²) in [6.07, 6.45) is 4.28. The van der Waals surface area contributed by atoms with Crippen molar-refractivity contribution in [3.63, 3.8) is 0 Å². The zero-order valence-electron chi connectivity index (χ0n) is 10.7. The molecule has 2 rings (SSSR count). The van der Waals surface area contributed by atoms with E-state index in [-0.39, 0.29) is 0 Å². The molecule has 1 aliphatic heterocycles. The van der Waals surface area contributed by atoms with Crippen LogP contribution in [0, 0.1) is 0 Å². The Kier molecular flexibility index (Phi) is 3.36. The summed E-state index contributed by atoms with van der Waals surface area (Å²) in [6.45, 7) is 11.9. The van der Waals surface area contributed by atoms with Crippen molar-refractivity contribution in [1.82, 2.24) is 9.80 Å². The maximum atomic E-state index is 2.73. The second-order valence-electron chi connectivity index (χ2n) is 5.73. The molecule has 0 unspecified atom stereocenters. The Bertz CT molecular complexity index is 191. The highest BCUT2D eigenvalue weighted by Crippen LogP contribution is 2.33. The molecule has 1 saturated carbocycles. The van der Waals surface area contributed by atoms with Crippen LogP contribution in [0.1, 0.15) is 47.0 Å². The fourth-order valence-electron chi connectivity index (χ4n) is 3.54. The topological polar surface area (TPSA) is 6.48 Å². The fraction of sp³-hybridized carbons (Fsp3) is 1.00. The van der Waals surface area contributed by atoms with Crippen molar-refractivity contribution in [3.05, 3.63) is 0 Å². The van der Waals surface area contributed by atoms with Gasteiger partial charge >= 0.3 is 0 Å². The molecule has 1 heterocycles. The molecule has 88 valence electrons. The summed E-state index contributed by atoms with van der Waals surface area (Å²) in [5.74, 6) is 0. The molecule has 2 aliphatic rings. The SMILES string of the molecule is CC(C)N1CCN(C(C)C)[C@H]2CCC[C@@H]21. The quantitative estimate of drug-likeness (QED) is 0.690. The standard InChI is InChI=1S/C13H26N2/c1-10(2)14-8-9-15(11(3)4)13-7-5-6-12(13)14/h10-13H,5-9H2,1-4H3/t12-,13-/m0/s1. The molecule has 2 nitrogen and oxygen atoms in total. The molecule has 2 atom stereocenters. The van der Waals surface area contributed by atoms with Crippen LogP contribution in [-0.2, 0) is 0 Å². The van der Waals surface area contributed by atoms with Crippen LogP contribution < -0.4 is 0 Å². The van der Waals surface area contributed by atoms with Crippen LogP contribution in [0.3, 0.4) is 0 Å². The first-order chi connectivity index (χ1) is 7.11. The predicted octanol–water partition coefficient (Wildman–Crippen LogP) is 2.34. The Balaban J connectivity index is 2.09. The van der Waals surface area contributed by atoms with Crippen molar-refractivity contribution in [2.24, 2.45) is 0 Å². The van der Waals surface area contributed by atoms with Gasteiger partial charge in [-0.3, -0.25) is 9.80 Å². The summed E-state index contributed by atoms with van der Waals surface area (Å²) >= 11 is 0. The molecule has 0 N–H and O–H groups in total. The summed E-state index contributed by atoms with van der Waals surface area (Å²) in [5.41, 5.74) is 0. The first-order valence-corrected chi connectivity index (χ1v) is 6.62. The summed E-state index contributed by atoms with van der Waals surface area (Å²) in [7, 11) is 0. The van der Waals surface area contributed by atoms with Gasteiger partial charge in [-0.25, -0.2) is 0 Å². The average molecular weight is 210 g/mol. The molecule has 0 aromatic heterocycles. The van der Waals surface area contributed by atoms with Crippen LogP contribution in [0.2, 0.25) is 0 Å². The van der Waals surface area contributed by atoms with E-state index in [2.05, 4.69) is 37.5 Å². The molecule has 1 saturated heterocycles. The zero-order valence-corrected chi connectivity index (χ0v) is 10.7. The van der Waals surface area contributed by atoms with Crippen LogP contribution in [0.15, 0.2) is 0 Å². The van der Waals surface area contributed by atoms with E-state index in [0.717, 1.165) is 24.2 Å². The van der Waals surface area contributed by atoms with E-state index in [9.17, 15) is 0 Å². The summed E-state index contributed by atoms with van der Waals surface area (Å²) in [4.78, 5) is 5.47. The monoisotopic (exact) mass is 210 g/mol. The van der Waals surface area contributed by atoms with Crippen molar-refractivity contribution in [2.75, 3.05) is 13.1 Å². The van der Waals surface area contributed by atoms with Crippen LogP contribution in [0.4, 0.5) is 0 Å². The Morgan fingerprint density at radius 3 is 1.53 bits per heavy atom. The van der Waals surface area contributed by atoms with E-state index in [1.165, 1.54) is 32.4 Å². The van der Waals surface area contributed by atoms with Crippen molar-refractivity contribution in [1.29, 1.82) is 0 Å². The minimum Gasteiger partial charge on any atom is -0.295 e. The van der Waals surface area contributed by atoms with Gasteiger partial charge in [0.25, 0.3) is 0 Å². The molecule has 2 heteroatoms. The number of nitrogens with zero attached hydrogens (tertiary/aromatic N) is 2. The highest BCUT2D eigenvalue weighted by molar-refractivity contribution is 4.97. The predicted molar refractivity (Wildman–Crippen MR) is 65.1 cm³/mol. The van der Waals surface area contributed by atoms with Gasteiger partial charge in [-0.05, 0) is 40.5 Å². The Labute approximate surface area is 94.6 Å². The molecule has 2 fully saturated rings. The van der Waals surface area contributed by atoms with Crippen LogP contribution in [0.25, 0.3) is 0 Å². The van der Waals surface area contributed by atoms with Gasteiger partial charge in [-0.15, -0.1) is 0 Å². The second-order valence-corrected chi connectivity index (χ2v) is 5.73. The molecular weight excluding hydrogens is 184 g/mol. The number of hydrogen-bond acceptors (Lipinski definition) is 2. The zero-order chi connectivity index (χ0) is 11.0. The van der Waals surface area contributed by atoms with E-state index in [0.29, 0.717) is 0 Å². The molecule has 0 radical (unpaired) electrons. The van der Waals surface area contributed by atoms with E-state index in [1.54, 1.807) is 0 Å². The normalized spacial score (nSPS) is 34.0. The molecule has 0 aromatic rings. The largest absolute Gasteiger partial charge is 0.295 e. The molecule has 15 heavy (non-hydrogen) atoms. The highest BCUT2D eigenvalue weighted by Gasteiger charge is 2.40. The smallest absolute Gasteiger partial charge is 0.0254 e. The lowest BCUT2D eigenvalue weighted by Crippen LogP contribution is -2.60. The third-order valence-corrected chi connectivity index (χ3v) is 4.24. The van der Waals surface area contributed by atoms with Gasteiger partial charge in [0.05, 0.1) is 0 Å². The van der Waals surface area contributed by atoms with Crippen LogP contribution in [0.5, 0.6) is 0 Å². The molecule has 0 aromatic carbocycles. The number of rotatable bonds is 2. The maximum Gasteiger partial charge on any atom is 0.0254 e. The lowest BCUT2D eigenvalue weighted by atomic mass is 10.0. The van der Waals surface area contributed by atoms with Gasteiger partial charge in [0, 0.05) is 37.3 Å². The molecule has 0 spiro atoms. The Morgan fingerprint density at radius 2 is 1.20 bits per heavy atom. The van der Waals surface area contributed by atoms with Crippen LogP contribution >= 0.6 is 0 Å². The van der Waals surface area contributed by atoms with Gasteiger partial charge in [0.1, 0.15) is 0 Å². The summed E-state index contributed by atoms with van der Waals surface area (Å²) < 4.78 is 0. The maximum absolute atomic E-state index is 2.73. The van der Waals surface area contributed by atoms with E-state index in [4.69, 9.17) is 0 Å². The molecule has 1 aliphatic carbocycles. The minimum atomic E-state index is 0.727. The number of hydrogen-bond donors (Lipinski definition) is 0. The molecular formula is C13H26N2. The Morgan fingerprint density at radius 1 is 0.800 bits per heavy atom. The van der Waals surface area contributed by atoms with E-state index in [1.807, 2.05) is 0 Å². The van der Waals surface area contributed by atoms with Crippen molar-refractivity contribution in [2.45, 2.75) is 71.1 Å². The highest BCUT2D eigenvalue weighted by atomic mass is 15.3. The van der Waals surface area contributed by atoms with E-state index >= 15 is 0 Å². The van der Waals surface area contributed by atoms with Gasteiger partial charge in [0.15, 0.2) is 0 Å². The third-order valence-electron chi connectivity index (χ3n) is 4.24. The van der Waals surface area contributed by atoms with Gasteiger partial charge < -0.3 is 0 Å². The average Bonchev–Trinajstić information content (AvgIpc) is 2.63. The summed E-state index contributed by atoms with van der Waals surface area (Å²) in [6, 6.07) is 3.15. The van der Waals surface area contributed by atoms with Gasteiger partial charge in [0.2, 0.25) is 0 Å². The van der Waals surface area contributed by atoms with Gasteiger partial charge in [-0.2, -0.15) is 0 Å². The van der Waals surface area contributed by atoms with E-state index < -0.39 is 0 Å². The van der Waals surface area contributed by atoms with Crippen molar-refractivity contribution >= 4 is 0 Å².